The minimum absolute atomic E-state index is 0.524. The fourth-order valence-corrected chi connectivity index (χ4v) is 1.34. The van der Waals surface area contributed by atoms with Gasteiger partial charge in [0.1, 0.15) is 12.4 Å². The molecule has 0 atom stereocenters. The van der Waals surface area contributed by atoms with E-state index in [0.29, 0.717) is 25.7 Å². The molecule has 0 radical (unpaired) electrons. The summed E-state index contributed by atoms with van der Waals surface area (Å²) in [5.74, 6) is 1.39. The molecule has 1 aromatic rings. The molecule has 0 aromatic heterocycles. The monoisotopic (exact) mass is 243 g/mol. The maximum atomic E-state index is 5.55. The van der Waals surface area contributed by atoms with Crippen LogP contribution in [0.25, 0.3) is 0 Å². The van der Waals surface area contributed by atoms with Crippen LogP contribution in [0.2, 0.25) is 0 Å². The predicted molar refractivity (Wildman–Crippen MR) is 67.8 cm³/mol. The lowest BCUT2D eigenvalue weighted by Crippen LogP contribution is -2.10. The largest absolute Gasteiger partial charge is 0.491 e. The number of halogens is 1. The molecule has 0 aliphatic heterocycles. The number of ether oxygens (including phenoxy) is 2. The van der Waals surface area contributed by atoms with Crippen molar-refractivity contribution < 1.29 is 9.47 Å². The summed E-state index contributed by atoms with van der Waals surface area (Å²) >= 11 is 5.48. The van der Waals surface area contributed by atoms with Crippen molar-refractivity contribution >= 4 is 17.3 Å². The molecule has 0 aliphatic carbocycles. The minimum atomic E-state index is 0.524. The SMILES string of the molecule is CN(C)c1cccc(OCCOCCCl)c1. The van der Waals surface area contributed by atoms with Crippen molar-refractivity contribution in [2.24, 2.45) is 0 Å². The summed E-state index contributed by atoms with van der Waals surface area (Å²) in [4.78, 5) is 2.04. The summed E-state index contributed by atoms with van der Waals surface area (Å²) in [5.41, 5.74) is 1.12. The first-order chi connectivity index (χ1) is 7.74. The average Bonchev–Trinajstić information content (AvgIpc) is 2.29. The maximum Gasteiger partial charge on any atom is 0.121 e. The van der Waals surface area contributed by atoms with Crippen molar-refractivity contribution in [3.63, 3.8) is 0 Å². The van der Waals surface area contributed by atoms with Crippen molar-refractivity contribution in [3.05, 3.63) is 24.3 Å². The topological polar surface area (TPSA) is 21.7 Å². The Morgan fingerprint density at radius 1 is 1.19 bits per heavy atom. The lowest BCUT2D eigenvalue weighted by Gasteiger charge is -2.14. The third-order valence-corrected chi connectivity index (χ3v) is 2.21. The third kappa shape index (κ3) is 4.73. The Balaban J connectivity index is 2.33. The lowest BCUT2D eigenvalue weighted by atomic mass is 10.3. The van der Waals surface area contributed by atoms with Crippen molar-refractivity contribution in [1.82, 2.24) is 0 Å². The second kappa shape index (κ2) is 7.36. The zero-order valence-electron chi connectivity index (χ0n) is 9.78. The van der Waals surface area contributed by atoms with Crippen molar-refractivity contribution in [2.75, 3.05) is 44.7 Å². The average molecular weight is 244 g/mol. The van der Waals surface area contributed by atoms with Crippen LogP contribution in [0.5, 0.6) is 5.75 Å². The molecule has 0 bridgehead atoms. The van der Waals surface area contributed by atoms with Crippen LogP contribution < -0.4 is 9.64 Å². The van der Waals surface area contributed by atoms with E-state index in [0.717, 1.165) is 11.4 Å². The van der Waals surface area contributed by atoms with Gasteiger partial charge in [0.05, 0.1) is 13.2 Å². The number of benzene rings is 1. The first-order valence-corrected chi connectivity index (χ1v) is 5.81. The standard InChI is InChI=1S/C12H18ClNO2/c1-14(2)11-4-3-5-12(10-11)16-9-8-15-7-6-13/h3-5,10H,6-9H2,1-2H3. The fraction of sp³-hybridized carbons (Fsp3) is 0.500. The van der Waals surface area contributed by atoms with E-state index in [1.807, 2.05) is 43.3 Å². The van der Waals surface area contributed by atoms with Gasteiger partial charge in [0.25, 0.3) is 0 Å². The van der Waals surface area contributed by atoms with Crippen LogP contribution >= 0.6 is 11.6 Å². The Morgan fingerprint density at radius 3 is 2.69 bits per heavy atom. The Bertz CT molecular complexity index is 305. The Kier molecular flexibility index (Phi) is 6.04. The second-order valence-electron chi connectivity index (χ2n) is 3.54. The molecular formula is C12H18ClNO2. The van der Waals surface area contributed by atoms with Gasteiger partial charge in [-0.05, 0) is 12.1 Å². The summed E-state index contributed by atoms with van der Waals surface area (Å²) in [7, 11) is 4.01. The highest BCUT2D eigenvalue weighted by Gasteiger charge is 1.98. The molecular weight excluding hydrogens is 226 g/mol. The number of rotatable bonds is 7. The number of anilines is 1. The first-order valence-electron chi connectivity index (χ1n) is 5.28. The Labute approximate surface area is 102 Å². The van der Waals surface area contributed by atoms with Crippen LogP contribution in [0.4, 0.5) is 5.69 Å². The van der Waals surface area contributed by atoms with Gasteiger partial charge >= 0.3 is 0 Å². The van der Waals surface area contributed by atoms with E-state index < -0.39 is 0 Å². The van der Waals surface area contributed by atoms with Crippen LogP contribution in [0.15, 0.2) is 24.3 Å². The molecule has 1 rings (SSSR count). The molecule has 0 aliphatic rings. The fourth-order valence-electron chi connectivity index (χ4n) is 1.23. The van der Waals surface area contributed by atoms with Crippen LogP contribution in [0, 0.1) is 0 Å². The smallest absolute Gasteiger partial charge is 0.121 e. The number of hydrogen-bond donors (Lipinski definition) is 0. The molecule has 0 saturated carbocycles. The predicted octanol–water partition coefficient (Wildman–Crippen LogP) is 2.39. The summed E-state index contributed by atoms with van der Waals surface area (Å²) in [6, 6.07) is 7.96. The third-order valence-electron chi connectivity index (χ3n) is 2.05. The van der Waals surface area contributed by atoms with Gasteiger partial charge in [-0.3, -0.25) is 0 Å². The highest BCUT2D eigenvalue weighted by Crippen LogP contribution is 2.18. The molecule has 0 spiro atoms. The molecule has 16 heavy (non-hydrogen) atoms. The van der Waals surface area contributed by atoms with Crippen LogP contribution in [-0.2, 0) is 4.74 Å². The van der Waals surface area contributed by atoms with Crippen LogP contribution in [0.3, 0.4) is 0 Å². The molecule has 0 amide bonds. The van der Waals surface area contributed by atoms with Crippen molar-refractivity contribution in [3.8, 4) is 5.75 Å². The number of nitrogens with zero attached hydrogens (tertiary/aromatic N) is 1. The van der Waals surface area contributed by atoms with Crippen molar-refractivity contribution in [1.29, 1.82) is 0 Å². The van der Waals surface area contributed by atoms with Crippen molar-refractivity contribution in [2.45, 2.75) is 0 Å². The normalized spacial score (nSPS) is 10.2. The van der Waals surface area contributed by atoms with Gasteiger partial charge in [0, 0.05) is 31.7 Å². The second-order valence-corrected chi connectivity index (χ2v) is 3.92. The summed E-state index contributed by atoms with van der Waals surface area (Å²) in [6.07, 6.45) is 0. The van der Waals surface area contributed by atoms with E-state index in [1.54, 1.807) is 0 Å². The van der Waals surface area contributed by atoms with E-state index in [2.05, 4.69) is 0 Å². The first kappa shape index (κ1) is 13.1. The maximum absolute atomic E-state index is 5.55. The van der Waals surface area contributed by atoms with Gasteiger partial charge in [-0.2, -0.15) is 0 Å². The number of alkyl halides is 1. The van der Waals surface area contributed by atoms with Crippen LogP contribution in [-0.4, -0.2) is 39.8 Å². The van der Waals surface area contributed by atoms with E-state index in [1.165, 1.54) is 0 Å². The highest BCUT2D eigenvalue weighted by atomic mass is 35.5. The molecule has 1 aromatic carbocycles. The van der Waals surface area contributed by atoms with Crippen LogP contribution in [0.1, 0.15) is 0 Å². The highest BCUT2D eigenvalue weighted by molar-refractivity contribution is 6.17. The zero-order valence-corrected chi connectivity index (χ0v) is 10.5. The molecule has 0 fully saturated rings. The summed E-state index contributed by atoms with van der Waals surface area (Å²) in [5, 5.41) is 0. The minimum Gasteiger partial charge on any atom is -0.491 e. The van der Waals surface area contributed by atoms with Gasteiger partial charge in [-0.25, -0.2) is 0 Å². The molecule has 0 saturated heterocycles. The van der Waals surface area contributed by atoms with E-state index in [-0.39, 0.29) is 0 Å². The Morgan fingerprint density at radius 2 is 2.00 bits per heavy atom. The quantitative estimate of drug-likeness (QED) is 0.542. The number of hydrogen-bond acceptors (Lipinski definition) is 3. The van der Waals surface area contributed by atoms with E-state index in [4.69, 9.17) is 21.1 Å². The summed E-state index contributed by atoms with van der Waals surface area (Å²) < 4.78 is 10.8. The molecule has 0 unspecified atom stereocenters. The lowest BCUT2D eigenvalue weighted by molar-refractivity contribution is 0.111. The Hall–Kier alpha value is -0.930. The molecule has 0 heterocycles. The molecule has 90 valence electrons. The van der Waals surface area contributed by atoms with Gasteiger partial charge in [-0.15, -0.1) is 11.6 Å². The van der Waals surface area contributed by atoms with Gasteiger partial charge < -0.3 is 14.4 Å². The van der Waals surface area contributed by atoms with Gasteiger partial charge in [0.2, 0.25) is 0 Å². The molecule has 3 nitrogen and oxygen atoms in total. The molecule has 0 N–H and O–H groups in total. The molecule has 4 heteroatoms. The zero-order chi connectivity index (χ0) is 11.8. The summed E-state index contributed by atoms with van der Waals surface area (Å²) in [6.45, 7) is 1.69. The van der Waals surface area contributed by atoms with E-state index >= 15 is 0 Å². The van der Waals surface area contributed by atoms with E-state index in [9.17, 15) is 0 Å². The van der Waals surface area contributed by atoms with Gasteiger partial charge in [-0.1, -0.05) is 6.07 Å². The van der Waals surface area contributed by atoms with Gasteiger partial charge in [0.15, 0.2) is 0 Å².